The van der Waals surface area contributed by atoms with Crippen molar-refractivity contribution in [3.05, 3.63) is 36.9 Å². The molecule has 0 spiro atoms. The Morgan fingerprint density at radius 3 is 2.70 bits per heavy atom. The normalized spacial score (nSPS) is 15.4. The van der Waals surface area contributed by atoms with Gasteiger partial charge in [0, 0.05) is 30.7 Å². The molecule has 0 radical (unpaired) electrons. The van der Waals surface area contributed by atoms with E-state index in [1.807, 2.05) is 25.3 Å². The van der Waals surface area contributed by atoms with Crippen molar-refractivity contribution in [1.29, 1.82) is 0 Å². The SMILES string of the molecule is C=CCn1c(SCC(=O)NC(C)(C)CC)nnc1-c1cccc(S(=O)(=O)N2CCOCC2)c1. The molecule has 2 aromatic rings. The fourth-order valence-electron chi connectivity index (χ4n) is 3.27. The molecule has 9 nitrogen and oxygen atoms in total. The highest BCUT2D eigenvalue weighted by Crippen LogP contribution is 2.27. The zero-order chi connectivity index (χ0) is 24.1. The largest absolute Gasteiger partial charge is 0.379 e. The van der Waals surface area contributed by atoms with Crippen LogP contribution in [0.25, 0.3) is 11.4 Å². The number of sulfonamides is 1. The number of thioether (sulfide) groups is 1. The molecule has 1 fully saturated rings. The van der Waals surface area contributed by atoms with E-state index >= 15 is 0 Å². The molecule has 1 aromatic carbocycles. The van der Waals surface area contributed by atoms with Gasteiger partial charge in [-0.3, -0.25) is 9.36 Å². The summed E-state index contributed by atoms with van der Waals surface area (Å²) in [7, 11) is -3.63. The number of nitrogens with one attached hydrogen (secondary N) is 1. The molecular formula is C22H31N5O4S2. The van der Waals surface area contributed by atoms with Crippen molar-refractivity contribution in [3.8, 4) is 11.4 Å². The number of allylic oxidation sites excluding steroid dienone is 1. The minimum absolute atomic E-state index is 0.0832. The molecular weight excluding hydrogens is 462 g/mol. The molecule has 11 heteroatoms. The van der Waals surface area contributed by atoms with E-state index in [0.717, 1.165) is 6.42 Å². The molecule has 1 aliphatic rings. The van der Waals surface area contributed by atoms with Gasteiger partial charge in [0.25, 0.3) is 0 Å². The quantitative estimate of drug-likeness (QED) is 0.400. The topological polar surface area (TPSA) is 106 Å². The second-order valence-corrected chi connectivity index (χ2v) is 11.2. The van der Waals surface area contributed by atoms with Crippen molar-refractivity contribution in [2.45, 2.75) is 49.3 Å². The van der Waals surface area contributed by atoms with E-state index < -0.39 is 10.0 Å². The third-order valence-electron chi connectivity index (χ3n) is 5.42. The van der Waals surface area contributed by atoms with Gasteiger partial charge in [-0.05, 0) is 32.4 Å². The van der Waals surface area contributed by atoms with Crippen LogP contribution >= 0.6 is 11.8 Å². The minimum atomic E-state index is -3.63. The maximum absolute atomic E-state index is 13.1. The number of nitrogens with zero attached hydrogens (tertiary/aromatic N) is 4. The molecule has 0 unspecified atom stereocenters. The molecule has 1 saturated heterocycles. The van der Waals surface area contributed by atoms with Crippen molar-refractivity contribution in [3.63, 3.8) is 0 Å². The number of hydrogen-bond donors (Lipinski definition) is 1. The van der Waals surface area contributed by atoms with E-state index in [1.54, 1.807) is 30.3 Å². The Morgan fingerprint density at radius 2 is 2.03 bits per heavy atom. The van der Waals surface area contributed by atoms with Crippen LogP contribution < -0.4 is 5.32 Å². The third kappa shape index (κ3) is 6.23. The Morgan fingerprint density at radius 1 is 1.30 bits per heavy atom. The van der Waals surface area contributed by atoms with Gasteiger partial charge in [-0.2, -0.15) is 4.31 Å². The Balaban J connectivity index is 1.83. The number of amides is 1. The van der Waals surface area contributed by atoms with Crippen LogP contribution in [0.15, 0.2) is 47.0 Å². The van der Waals surface area contributed by atoms with Crippen molar-refractivity contribution in [2.75, 3.05) is 32.1 Å². The van der Waals surface area contributed by atoms with Crippen LogP contribution in [0.4, 0.5) is 0 Å². The highest BCUT2D eigenvalue weighted by Gasteiger charge is 2.27. The zero-order valence-corrected chi connectivity index (χ0v) is 20.9. The second kappa shape index (κ2) is 10.8. The lowest BCUT2D eigenvalue weighted by atomic mass is 10.0. The average Bonchev–Trinajstić information content (AvgIpc) is 3.21. The summed E-state index contributed by atoms with van der Waals surface area (Å²) < 4.78 is 34.7. The maximum atomic E-state index is 13.1. The van der Waals surface area contributed by atoms with Gasteiger partial charge in [0.2, 0.25) is 15.9 Å². The van der Waals surface area contributed by atoms with Gasteiger partial charge >= 0.3 is 0 Å². The smallest absolute Gasteiger partial charge is 0.243 e. The molecule has 1 aliphatic heterocycles. The van der Waals surface area contributed by atoms with E-state index in [1.165, 1.54) is 16.1 Å². The summed E-state index contributed by atoms with van der Waals surface area (Å²) in [6, 6.07) is 6.69. The Bertz CT molecular complexity index is 1090. The molecule has 180 valence electrons. The van der Waals surface area contributed by atoms with Crippen LogP contribution in [0.2, 0.25) is 0 Å². The van der Waals surface area contributed by atoms with Crippen molar-refractivity contribution in [2.24, 2.45) is 0 Å². The molecule has 1 aromatic heterocycles. The van der Waals surface area contributed by atoms with Crippen LogP contribution in [-0.4, -0.2) is 71.0 Å². The lowest BCUT2D eigenvalue weighted by molar-refractivity contribution is -0.120. The van der Waals surface area contributed by atoms with Gasteiger partial charge in [0.1, 0.15) is 0 Å². The first kappa shape index (κ1) is 25.4. The van der Waals surface area contributed by atoms with Crippen LogP contribution in [0, 0.1) is 0 Å². The first-order valence-electron chi connectivity index (χ1n) is 10.8. The van der Waals surface area contributed by atoms with E-state index in [2.05, 4.69) is 22.1 Å². The Hall–Kier alpha value is -2.21. The number of rotatable bonds is 10. The minimum Gasteiger partial charge on any atom is -0.379 e. The first-order valence-corrected chi connectivity index (χ1v) is 13.3. The van der Waals surface area contributed by atoms with Gasteiger partial charge < -0.3 is 10.1 Å². The monoisotopic (exact) mass is 493 g/mol. The van der Waals surface area contributed by atoms with Crippen LogP contribution in [0.1, 0.15) is 27.2 Å². The molecule has 0 atom stereocenters. The van der Waals surface area contributed by atoms with E-state index in [9.17, 15) is 13.2 Å². The van der Waals surface area contributed by atoms with E-state index in [0.29, 0.717) is 49.4 Å². The van der Waals surface area contributed by atoms with Gasteiger partial charge in [0.15, 0.2) is 11.0 Å². The fourth-order valence-corrected chi connectivity index (χ4v) is 5.47. The second-order valence-electron chi connectivity index (χ2n) is 8.32. The van der Waals surface area contributed by atoms with Crippen molar-refractivity contribution in [1.82, 2.24) is 24.4 Å². The van der Waals surface area contributed by atoms with Crippen LogP contribution in [0.3, 0.4) is 0 Å². The number of carbonyl (C=O) groups excluding carboxylic acids is 1. The van der Waals surface area contributed by atoms with Crippen LogP contribution in [0.5, 0.6) is 0 Å². The van der Waals surface area contributed by atoms with Crippen molar-refractivity contribution < 1.29 is 17.9 Å². The summed E-state index contributed by atoms with van der Waals surface area (Å²) in [6.45, 7) is 11.6. The summed E-state index contributed by atoms with van der Waals surface area (Å²) in [5.41, 5.74) is 0.353. The highest BCUT2D eigenvalue weighted by atomic mass is 32.2. The van der Waals surface area contributed by atoms with Gasteiger partial charge in [0.05, 0.1) is 23.9 Å². The molecule has 3 rings (SSSR count). The standard InChI is InChI=1S/C22H31N5O4S2/c1-5-10-27-20(24-25-21(27)32-16-19(28)23-22(3,4)6-2)17-8-7-9-18(15-17)33(29,30)26-11-13-31-14-12-26/h5,7-9,15H,1,6,10-14,16H2,2-4H3,(H,23,28). The van der Waals surface area contributed by atoms with Crippen molar-refractivity contribution >= 4 is 27.7 Å². The van der Waals surface area contributed by atoms with Gasteiger partial charge in [-0.25, -0.2) is 8.42 Å². The number of aromatic nitrogens is 3. The Kier molecular flexibility index (Phi) is 8.33. The zero-order valence-electron chi connectivity index (χ0n) is 19.3. The molecule has 1 amide bonds. The number of morpholine rings is 1. The summed E-state index contributed by atoms with van der Waals surface area (Å²) in [6.07, 6.45) is 2.54. The number of carbonyl (C=O) groups is 1. The number of hydrogen-bond acceptors (Lipinski definition) is 7. The molecule has 0 bridgehead atoms. The predicted octanol–water partition coefficient (Wildman–Crippen LogP) is 2.55. The average molecular weight is 494 g/mol. The lowest BCUT2D eigenvalue weighted by Gasteiger charge is -2.26. The van der Waals surface area contributed by atoms with E-state index in [-0.39, 0.29) is 22.1 Å². The molecule has 1 N–H and O–H groups in total. The molecule has 0 aliphatic carbocycles. The number of benzene rings is 1. The summed E-state index contributed by atoms with van der Waals surface area (Å²) in [5, 5.41) is 12.1. The highest BCUT2D eigenvalue weighted by molar-refractivity contribution is 7.99. The third-order valence-corrected chi connectivity index (χ3v) is 8.28. The summed E-state index contributed by atoms with van der Waals surface area (Å²) in [4.78, 5) is 12.6. The van der Waals surface area contributed by atoms with Gasteiger partial charge in [-0.15, -0.1) is 16.8 Å². The van der Waals surface area contributed by atoms with E-state index in [4.69, 9.17) is 4.74 Å². The maximum Gasteiger partial charge on any atom is 0.243 e. The Labute approximate surface area is 199 Å². The first-order chi connectivity index (χ1) is 15.7. The van der Waals surface area contributed by atoms with Crippen LogP contribution in [-0.2, 0) is 26.1 Å². The molecule has 0 saturated carbocycles. The lowest BCUT2D eigenvalue weighted by Crippen LogP contribution is -2.43. The summed E-state index contributed by atoms with van der Waals surface area (Å²) >= 11 is 1.28. The molecule has 2 heterocycles. The van der Waals surface area contributed by atoms with Gasteiger partial charge in [-0.1, -0.05) is 36.9 Å². The predicted molar refractivity (Wildman–Crippen MR) is 128 cm³/mol. The number of ether oxygens (including phenoxy) is 1. The summed E-state index contributed by atoms with van der Waals surface area (Å²) in [5.74, 6) is 0.635. The molecule has 33 heavy (non-hydrogen) atoms. The fraction of sp³-hybridized carbons (Fsp3) is 0.500.